The quantitative estimate of drug-likeness (QED) is 0.457. The lowest BCUT2D eigenvalue weighted by molar-refractivity contribution is -0.339. The summed E-state index contributed by atoms with van der Waals surface area (Å²) in [4.78, 5) is 42.2. The summed E-state index contributed by atoms with van der Waals surface area (Å²) in [6.45, 7) is 0.210. The fourth-order valence-corrected chi connectivity index (χ4v) is 4.43. The zero-order valence-corrected chi connectivity index (χ0v) is 13.4. The first-order valence-corrected chi connectivity index (χ1v) is 9.78. The number of halogens is 1. The third kappa shape index (κ3) is 6.79. The fourth-order valence-electron chi connectivity index (χ4n) is 1.58. The Balaban J connectivity index is 2.63. The Kier molecular flexibility index (Phi) is 6.13. The maximum Gasteiger partial charge on any atom is 0.278 e. The van der Waals surface area contributed by atoms with Crippen molar-refractivity contribution in [3.8, 4) is 0 Å². The molecule has 1 aliphatic heterocycles. The lowest BCUT2D eigenvalue weighted by atomic mass is 10.1. The highest BCUT2D eigenvalue weighted by Gasteiger charge is 2.47. The molecular formula is C6H10FO12P3-4. The van der Waals surface area contributed by atoms with Crippen LogP contribution in [0.15, 0.2) is 0 Å². The van der Waals surface area contributed by atoms with Crippen molar-refractivity contribution in [3.63, 3.8) is 0 Å². The van der Waals surface area contributed by atoms with Gasteiger partial charge in [0.25, 0.3) is 15.6 Å². The minimum atomic E-state index is -6.08. The molecule has 1 aliphatic rings. The predicted octanol–water partition coefficient (Wildman–Crippen LogP) is -2.36. The molecule has 3 unspecified atom stereocenters. The van der Waals surface area contributed by atoms with Gasteiger partial charge >= 0.3 is 0 Å². The SMILES string of the molecule is C[C@H]1CC(O)(F)[C@@H](COP(=O)([O-])OP(=O)([O-])OP(=O)([O-])[O-])O1. The molecule has 5 atom stereocenters. The Morgan fingerprint density at radius 3 is 2.18 bits per heavy atom. The Labute approximate surface area is 123 Å². The first-order valence-electron chi connectivity index (χ1n) is 5.40. The minimum absolute atomic E-state index is 0.482. The van der Waals surface area contributed by atoms with Crippen molar-refractivity contribution < 1.29 is 60.6 Å². The van der Waals surface area contributed by atoms with E-state index in [0.717, 1.165) is 0 Å². The lowest BCUT2D eigenvalue weighted by Gasteiger charge is -2.37. The highest BCUT2D eigenvalue weighted by Crippen LogP contribution is 2.60. The molecule has 132 valence electrons. The van der Waals surface area contributed by atoms with Crippen LogP contribution >= 0.6 is 23.5 Å². The van der Waals surface area contributed by atoms with E-state index in [2.05, 4.69) is 13.1 Å². The van der Waals surface area contributed by atoms with Gasteiger partial charge in [0, 0.05) is 6.42 Å². The topological polar surface area (TPSA) is 201 Å². The number of aliphatic hydroxyl groups is 1. The zero-order valence-electron chi connectivity index (χ0n) is 10.7. The van der Waals surface area contributed by atoms with E-state index >= 15 is 0 Å². The first kappa shape index (κ1) is 20.3. The Hall–Kier alpha value is 0.260. The Bertz CT molecular complexity index is 543. The van der Waals surface area contributed by atoms with Crippen molar-refractivity contribution in [2.45, 2.75) is 31.4 Å². The smallest absolute Gasteiger partial charge is 0.278 e. The molecule has 1 saturated heterocycles. The van der Waals surface area contributed by atoms with Crippen LogP contribution in [0.3, 0.4) is 0 Å². The standard InChI is InChI=1S/C6H14FO12P3/c1-4-2-6(7,8)5(17-4)3-16-21(12,13)19-22(14,15)18-20(9,10)11/h4-5,8H,2-3H2,1H3,(H,12,13)(H,14,15)(H2,9,10,11)/p-4/t4-,5+,6?/m0/s1. The van der Waals surface area contributed by atoms with Crippen LogP contribution < -0.4 is 19.6 Å². The third-order valence-corrected chi connectivity index (χ3v) is 5.91. The van der Waals surface area contributed by atoms with Crippen molar-refractivity contribution in [2.75, 3.05) is 6.61 Å². The van der Waals surface area contributed by atoms with Gasteiger partial charge in [0.1, 0.15) is 6.10 Å². The van der Waals surface area contributed by atoms with E-state index in [9.17, 15) is 42.8 Å². The maximum atomic E-state index is 13.5. The fraction of sp³-hybridized carbons (Fsp3) is 1.00. The average Bonchev–Trinajstić information content (AvgIpc) is 2.42. The van der Waals surface area contributed by atoms with E-state index in [1.165, 1.54) is 6.92 Å². The van der Waals surface area contributed by atoms with Crippen molar-refractivity contribution in [1.29, 1.82) is 0 Å². The van der Waals surface area contributed by atoms with Crippen LogP contribution in [-0.2, 0) is 31.6 Å². The predicted molar refractivity (Wildman–Crippen MR) is 56.0 cm³/mol. The highest BCUT2D eigenvalue weighted by atomic mass is 31.3. The second-order valence-electron chi connectivity index (χ2n) is 4.26. The monoisotopic (exact) mass is 386 g/mol. The van der Waals surface area contributed by atoms with Crippen LogP contribution in [0, 0.1) is 0 Å². The second kappa shape index (κ2) is 6.64. The van der Waals surface area contributed by atoms with Gasteiger partial charge in [0.05, 0.1) is 20.5 Å². The molecule has 22 heavy (non-hydrogen) atoms. The summed E-state index contributed by atoms with van der Waals surface area (Å²) in [7, 11) is -17.9. The third-order valence-electron chi connectivity index (χ3n) is 2.25. The molecule has 1 N–H and O–H groups in total. The van der Waals surface area contributed by atoms with E-state index in [-0.39, 0.29) is 0 Å². The molecule has 1 fully saturated rings. The maximum absolute atomic E-state index is 13.5. The van der Waals surface area contributed by atoms with Crippen molar-refractivity contribution in [3.05, 3.63) is 0 Å². The average molecular weight is 386 g/mol. The molecule has 12 nitrogen and oxygen atoms in total. The molecule has 1 heterocycles. The summed E-state index contributed by atoms with van der Waals surface area (Å²) in [5.74, 6) is -2.92. The molecule has 0 saturated carbocycles. The molecule has 16 heteroatoms. The summed E-state index contributed by atoms with van der Waals surface area (Å²) in [6, 6.07) is 0. The number of ether oxygens (including phenoxy) is 1. The molecule has 0 amide bonds. The summed E-state index contributed by atoms with van der Waals surface area (Å²) in [5.41, 5.74) is 0. The van der Waals surface area contributed by atoms with Crippen molar-refractivity contribution in [1.82, 2.24) is 0 Å². The van der Waals surface area contributed by atoms with Crippen molar-refractivity contribution >= 4 is 23.5 Å². The first-order chi connectivity index (χ1) is 9.62. The van der Waals surface area contributed by atoms with E-state index in [1.807, 2.05) is 0 Å². The van der Waals surface area contributed by atoms with Crippen LogP contribution in [0.4, 0.5) is 4.39 Å². The van der Waals surface area contributed by atoms with Gasteiger partial charge in [-0.3, -0.25) is 13.4 Å². The molecule has 0 aromatic carbocycles. The van der Waals surface area contributed by atoms with Crippen LogP contribution in [0.5, 0.6) is 0 Å². The molecule has 0 aromatic heterocycles. The number of alkyl halides is 1. The Morgan fingerprint density at radius 2 is 1.77 bits per heavy atom. The van der Waals surface area contributed by atoms with E-state index in [0.29, 0.717) is 0 Å². The summed E-state index contributed by atoms with van der Waals surface area (Å²) in [6.07, 6.45) is -3.01. The molecule has 1 rings (SSSR count). The summed E-state index contributed by atoms with van der Waals surface area (Å²) in [5, 5.41) is 9.24. The van der Waals surface area contributed by atoms with Crippen molar-refractivity contribution in [2.24, 2.45) is 0 Å². The van der Waals surface area contributed by atoms with Gasteiger partial charge < -0.3 is 38.5 Å². The number of phosphoric acid groups is 3. The molecule has 0 aromatic rings. The van der Waals surface area contributed by atoms with Gasteiger partial charge in [-0.15, -0.1) is 0 Å². The zero-order chi connectivity index (χ0) is 17.4. The van der Waals surface area contributed by atoms with Gasteiger partial charge in [0.15, 0.2) is 0 Å². The molecule has 0 radical (unpaired) electrons. The minimum Gasteiger partial charge on any atom is -0.790 e. The number of phosphoric ester groups is 1. The van der Waals surface area contributed by atoms with Gasteiger partial charge in [-0.1, -0.05) is 0 Å². The van der Waals surface area contributed by atoms with E-state index in [1.54, 1.807) is 0 Å². The van der Waals surface area contributed by atoms with Gasteiger partial charge in [0.2, 0.25) is 5.85 Å². The van der Waals surface area contributed by atoms with Gasteiger partial charge in [-0.2, -0.15) is 0 Å². The normalized spacial score (nSPS) is 35.0. The summed E-state index contributed by atoms with van der Waals surface area (Å²) < 4.78 is 60.5. The lowest BCUT2D eigenvalue weighted by Crippen LogP contribution is -2.36. The molecular weight excluding hydrogens is 376 g/mol. The van der Waals surface area contributed by atoms with Crippen LogP contribution in [0.25, 0.3) is 0 Å². The van der Waals surface area contributed by atoms with Crippen LogP contribution in [0.1, 0.15) is 13.3 Å². The Morgan fingerprint density at radius 1 is 1.23 bits per heavy atom. The largest absolute Gasteiger partial charge is 0.790 e. The molecule has 0 aliphatic carbocycles. The van der Waals surface area contributed by atoms with E-state index < -0.39 is 54.6 Å². The van der Waals surface area contributed by atoms with E-state index in [4.69, 9.17) is 4.74 Å². The van der Waals surface area contributed by atoms with Gasteiger partial charge in [-0.05, 0) is 6.92 Å². The molecule has 0 bridgehead atoms. The highest BCUT2D eigenvalue weighted by molar-refractivity contribution is 7.64. The molecule has 0 spiro atoms. The second-order valence-corrected chi connectivity index (χ2v) is 8.51. The van der Waals surface area contributed by atoms with Crippen LogP contribution in [0.2, 0.25) is 0 Å². The number of rotatable bonds is 7. The summed E-state index contributed by atoms with van der Waals surface area (Å²) >= 11 is 0. The van der Waals surface area contributed by atoms with Gasteiger partial charge in [-0.25, -0.2) is 8.70 Å². The number of hydrogen-bond acceptors (Lipinski definition) is 12. The van der Waals surface area contributed by atoms with Crippen LogP contribution in [-0.4, -0.2) is 29.8 Å². The number of hydrogen-bond donors (Lipinski definition) is 1.